The van der Waals surface area contributed by atoms with Crippen molar-refractivity contribution in [1.29, 1.82) is 0 Å². The van der Waals surface area contributed by atoms with E-state index in [9.17, 15) is 0 Å². The zero-order valence-corrected chi connectivity index (χ0v) is 10.4. The summed E-state index contributed by atoms with van der Waals surface area (Å²) in [4.78, 5) is 1.52. The van der Waals surface area contributed by atoms with Crippen molar-refractivity contribution in [2.24, 2.45) is 5.10 Å². The van der Waals surface area contributed by atoms with E-state index in [-0.39, 0.29) is 0 Å². The van der Waals surface area contributed by atoms with Gasteiger partial charge >= 0.3 is 0 Å². The van der Waals surface area contributed by atoms with Crippen molar-refractivity contribution in [3.8, 4) is 0 Å². The lowest BCUT2D eigenvalue weighted by Gasteiger charge is -2.09. The molecular weight excluding hydrogens is 236 g/mol. The lowest BCUT2D eigenvalue weighted by Crippen LogP contribution is -2.04. The van der Waals surface area contributed by atoms with Crippen molar-refractivity contribution in [2.75, 3.05) is 12.4 Å². The van der Waals surface area contributed by atoms with Crippen molar-refractivity contribution in [1.82, 2.24) is 9.89 Å². The molecule has 1 aromatic heterocycles. The van der Waals surface area contributed by atoms with Gasteiger partial charge in [0.15, 0.2) is 0 Å². The van der Waals surface area contributed by atoms with Crippen LogP contribution in [0, 0.1) is 0 Å². The van der Waals surface area contributed by atoms with Gasteiger partial charge in [0.25, 0.3) is 0 Å². The number of nitrogens with zero attached hydrogens (tertiary/aromatic N) is 3. The highest BCUT2D eigenvalue weighted by Crippen LogP contribution is 2.21. The Morgan fingerprint density at radius 3 is 2.94 bits per heavy atom. The van der Waals surface area contributed by atoms with Crippen molar-refractivity contribution >= 4 is 23.0 Å². The van der Waals surface area contributed by atoms with E-state index < -0.39 is 0 Å². The van der Waals surface area contributed by atoms with Crippen LogP contribution in [-0.2, 0) is 0 Å². The summed E-state index contributed by atoms with van der Waals surface area (Å²) in [6.07, 6.45) is 3.47. The predicted molar refractivity (Wildman–Crippen MR) is 70.8 cm³/mol. The monoisotopic (exact) mass is 248 g/mol. The standard InChI is InChI=1S/C12H13ClN4/c1-9(16-17-7-3-6-15-17)11-8-10(13)4-5-12(11)14-2/h3-8,14H,1-2H3/b16-9-. The van der Waals surface area contributed by atoms with E-state index in [1.165, 1.54) is 4.79 Å². The fourth-order valence-corrected chi connectivity index (χ4v) is 1.73. The molecule has 5 heteroatoms. The van der Waals surface area contributed by atoms with E-state index >= 15 is 0 Å². The number of nitrogens with one attached hydrogen (secondary N) is 1. The lowest BCUT2D eigenvalue weighted by atomic mass is 10.1. The molecule has 0 aliphatic heterocycles. The van der Waals surface area contributed by atoms with Crippen LogP contribution < -0.4 is 5.32 Å². The second-order valence-corrected chi connectivity index (χ2v) is 3.99. The SMILES string of the molecule is CNc1ccc(Cl)cc1/C(C)=N\n1cccn1. The fourth-order valence-electron chi connectivity index (χ4n) is 1.56. The molecule has 0 atom stereocenters. The van der Waals surface area contributed by atoms with Gasteiger partial charge < -0.3 is 5.32 Å². The summed E-state index contributed by atoms with van der Waals surface area (Å²) in [6.45, 7) is 1.92. The molecule has 17 heavy (non-hydrogen) atoms. The van der Waals surface area contributed by atoms with E-state index in [0.29, 0.717) is 5.02 Å². The van der Waals surface area contributed by atoms with Crippen LogP contribution in [0.25, 0.3) is 0 Å². The molecule has 0 amide bonds. The van der Waals surface area contributed by atoms with Crippen molar-refractivity contribution < 1.29 is 0 Å². The molecule has 0 spiro atoms. The van der Waals surface area contributed by atoms with Gasteiger partial charge in [-0.3, -0.25) is 0 Å². The summed E-state index contributed by atoms with van der Waals surface area (Å²) in [5.41, 5.74) is 2.80. The van der Waals surface area contributed by atoms with Gasteiger partial charge in [-0.25, -0.2) is 0 Å². The third-order valence-corrected chi connectivity index (χ3v) is 2.62. The van der Waals surface area contributed by atoms with Gasteiger partial charge in [-0.05, 0) is 31.2 Å². The van der Waals surface area contributed by atoms with Crippen LogP contribution in [0.1, 0.15) is 12.5 Å². The van der Waals surface area contributed by atoms with Crippen LogP contribution in [0.15, 0.2) is 41.8 Å². The van der Waals surface area contributed by atoms with Gasteiger partial charge in [-0.1, -0.05) is 11.6 Å². The molecule has 0 saturated heterocycles. The summed E-state index contributed by atoms with van der Waals surface area (Å²) >= 11 is 5.99. The quantitative estimate of drug-likeness (QED) is 0.849. The first-order valence-corrected chi connectivity index (χ1v) is 5.61. The lowest BCUT2D eigenvalue weighted by molar-refractivity contribution is 0.740. The highest BCUT2D eigenvalue weighted by Gasteiger charge is 2.05. The maximum absolute atomic E-state index is 5.99. The predicted octanol–water partition coefficient (Wildman–Crippen LogP) is 2.85. The van der Waals surface area contributed by atoms with Gasteiger partial charge in [0.05, 0.1) is 18.1 Å². The molecule has 0 radical (unpaired) electrons. The summed E-state index contributed by atoms with van der Waals surface area (Å²) in [7, 11) is 1.87. The average Bonchev–Trinajstić information content (AvgIpc) is 2.81. The van der Waals surface area contributed by atoms with E-state index in [0.717, 1.165) is 17.0 Å². The third kappa shape index (κ3) is 2.65. The Balaban J connectivity index is 2.42. The Kier molecular flexibility index (Phi) is 3.44. The number of hydrogen-bond acceptors (Lipinski definition) is 3. The van der Waals surface area contributed by atoms with Crippen LogP contribution in [0.3, 0.4) is 0 Å². The van der Waals surface area contributed by atoms with Gasteiger partial charge in [-0.2, -0.15) is 15.0 Å². The number of aromatic nitrogens is 2. The Morgan fingerprint density at radius 2 is 2.29 bits per heavy atom. The van der Waals surface area contributed by atoms with Gasteiger partial charge in [-0.15, -0.1) is 0 Å². The topological polar surface area (TPSA) is 42.2 Å². The van der Waals surface area contributed by atoms with Gasteiger partial charge in [0.1, 0.15) is 0 Å². The molecule has 2 rings (SSSR count). The largest absolute Gasteiger partial charge is 0.388 e. The van der Waals surface area contributed by atoms with E-state index in [1.54, 1.807) is 12.4 Å². The van der Waals surface area contributed by atoms with E-state index in [1.807, 2.05) is 38.2 Å². The van der Waals surface area contributed by atoms with E-state index in [2.05, 4.69) is 15.5 Å². The number of anilines is 1. The molecule has 0 aliphatic carbocycles. The minimum atomic E-state index is 0.689. The number of benzene rings is 1. The van der Waals surface area contributed by atoms with Gasteiger partial charge in [0, 0.05) is 23.3 Å². The van der Waals surface area contributed by atoms with Crippen LogP contribution in [-0.4, -0.2) is 22.6 Å². The Hall–Kier alpha value is -1.81. The third-order valence-electron chi connectivity index (χ3n) is 2.38. The second-order valence-electron chi connectivity index (χ2n) is 3.55. The zero-order valence-electron chi connectivity index (χ0n) is 9.68. The number of halogens is 1. The molecule has 0 unspecified atom stereocenters. The maximum Gasteiger partial charge on any atom is 0.0693 e. The molecule has 1 heterocycles. The molecule has 0 saturated carbocycles. The first-order chi connectivity index (χ1) is 8.20. The zero-order chi connectivity index (χ0) is 12.3. The minimum Gasteiger partial charge on any atom is -0.388 e. The maximum atomic E-state index is 5.99. The summed E-state index contributed by atoms with van der Waals surface area (Å²) in [5.74, 6) is 0. The molecule has 0 aliphatic rings. The molecule has 2 aromatic rings. The molecule has 1 N–H and O–H groups in total. The van der Waals surface area contributed by atoms with Crippen molar-refractivity contribution in [3.05, 3.63) is 47.2 Å². The van der Waals surface area contributed by atoms with Crippen LogP contribution in [0.5, 0.6) is 0 Å². The van der Waals surface area contributed by atoms with Crippen LogP contribution in [0.4, 0.5) is 5.69 Å². The minimum absolute atomic E-state index is 0.689. The Morgan fingerprint density at radius 1 is 1.47 bits per heavy atom. The van der Waals surface area contributed by atoms with Crippen molar-refractivity contribution in [2.45, 2.75) is 6.92 Å². The summed E-state index contributed by atoms with van der Waals surface area (Å²) in [6, 6.07) is 7.49. The van der Waals surface area contributed by atoms with Crippen molar-refractivity contribution in [3.63, 3.8) is 0 Å². The number of hydrogen-bond donors (Lipinski definition) is 1. The molecule has 88 valence electrons. The average molecular weight is 249 g/mol. The fraction of sp³-hybridized carbons (Fsp3) is 0.167. The second kappa shape index (κ2) is 5.01. The van der Waals surface area contributed by atoms with Gasteiger partial charge in [0.2, 0.25) is 0 Å². The summed E-state index contributed by atoms with van der Waals surface area (Å²) < 4.78 is 0. The Labute approximate surface area is 105 Å². The highest BCUT2D eigenvalue weighted by atomic mass is 35.5. The molecule has 1 aromatic carbocycles. The normalized spacial score (nSPS) is 11.6. The molecule has 0 bridgehead atoms. The van der Waals surface area contributed by atoms with Crippen LogP contribution in [0.2, 0.25) is 5.02 Å². The molecular formula is C12H13ClN4. The number of rotatable bonds is 3. The highest BCUT2D eigenvalue weighted by molar-refractivity contribution is 6.31. The molecule has 4 nitrogen and oxygen atoms in total. The van der Waals surface area contributed by atoms with E-state index in [4.69, 9.17) is 11.6 Å². The van der Waals surface area contributed by atoms with Crippen LogP contribution >= 0.6 is 11.6 Å². The first kappa shape index (κ1) is 11.7. The Bertz CT molecular complexity index is 531. The molecule has 0 fully saturated rings. The summed E-state index contributed by atoms with van der Waals surface area (Å²) in [5, 5.41) is 12.2. The first-order valence-electron chi connectivity index (χ1n) is 5.23. The smallest absolute Gasteiger partial charge is 0.0693 e.